The largest absolute Gasteiger partial charge is 0.492 e. The van der Waals surface area contributed by atoms with Crippen LogP contribution in [0.4, 0.5) is 5.69 Å². The average Bonchev–Trinajstić information content (AvgIpc) is 2.37. The highest BCUT2D eigenvalue weighted by Crippen LogP contribution is 2.34. The van der Waals surface area contributed by atoms with E-state index < -0.39 is 0 Å². The molecule has 0 saturated heterocycles. The van der Waals surface area contributed by atoms with E-state index in [1.54, 1.807) is 0 Å². The number of ether oxygens (including phenoxy) is 2. The van der Waals surface area contributed by atoms with Crippen LogP contribution in [0.2, 0.25) is 0 Å². The van der Waals surface area contributed by atoms with Crippen LogP contribution in [0.15, 0.2) is 42.5 Å². The van der Waals surface area contributed by atoms with E-state index in [9.17, 15) is 0 Å². The first-order chi connectivity index (χ1) is 8.70. The summed E-state index contributed by atoms with van der Waals surface area (Å²) in [5.41, 5.74) is 6.52. The van der Waals surface area contributed by atoms with Crippen LogP contribution in [0.25, 0.3) is 0 Å². The predicted octanol–water partition coefficient (Wildman–Crippen LogP) is 4.06. The van der Waals surface area contributed by atoms with Crippen LogP contribution in [0.5, 0.6) is 17.2 Å². The second kappa shape index (κ2) is 5.95. The summed E-state index contributed by atoms with van der Waals surface area (Å²) in [6.45, 7) is 2.50. The number of hydrogen-bond acceptors (Lipinski definition) is 3. The molecule has 0 amide bonds. The second-order valence-electron chi connectivity index (χ2n) is 3.66. The molecule has 18 heavy (non-hydrogen) atoms. The lowest BCUT2D eigenvalue weighted by Crippen LogP contribution is -1.98. The van der Waals surface area contributed by atoms with Crippen molar-refractivity contribution in [3.8, 4) is 17.2 Å². The summed E-state index contributed by atoms with van der Waals surface area (Å²) in [7, 11) is 0. The summed E-state index contributed by atoms with van der Waals surface area (Å²) in [6, 6.07) is 13.3. The van der Waals surface area contributed by atoms with E-state index in [2.05, 4.69) is 22.6 Å². The molecule has 2 aromatic carbocycles. The summed E-state index contributed by atoms with van der Waals surface area (Å²) in [5, 5.41) is 0. The van der Waals surface area contributed by atoms with Gasteiger partial charge in [-0.3, -0.25) is 0 Å². The number of hydrogen-bond donors (Lipinski definition) is 1. The van der Waals surface area contributed by atoms with Crippen LogP contribution in [0, 0.1) is 3.57 Å². The van der Waals surface area contributed by atoms with Gasteiger partial charge in [0.05, 0.1) is 6.61 Å². The number of rotatable bonds is 4. The Bertz CT molecular complexity index is 526. The van der Waals surface area contributed by atoms with Gasteiger partial charge in [0.15, 0.2) is 5.75 Å². The van der Waals surface area contributed by atoms with Crippen molar-refractivity contribution in [2.24, 2.45) is 0 Å². The van der Waals surface area contributed by atoms with Gasteiger partial charge in [0.1, 0.15) is 17.2 Å². The van der Waals surface area contributed by atoms with E-state index in [1.807, 2.05) is 49.4 Å². The van der Waals surface area contributed by atoms with Crippen molar-refractivity contribution in [3.05, 3.63) is 46.0 Å². The van der Waals surface area contributed by atoms with Crippen LogP contribution >= 0.6 is 22.6 Å². The summed E-state index contributed by atoms with van der Waals surface area (Å²) in [5.74, 6) is 2.03. The van der Waals surface area contributed by atoms with Crippen LogP contribution in [0.1, 0.15) is 6.92 Å². The third kappa shape index (κ3) is 3.07. The van der Waals surface area contributed by atoms with Crippen LogP contribution in [0.3, 0.4) is 0 Å². The van der Waals surface area contributed by atoms with Crippen molar-refractivity contribution >= 4 is 28.3 Å². The summed E-state index contributed by atoms with van der Waals surface area (Å²) >= 11 is 2.25. The molecule has 94 valence electrons. The first-order valence-electron chi connectivity index (χ1n) is 5.65. The van der Waals surface area contributed by atoms with Crippen molar-refractivity contribution in [2.75, 3.05) is 12.3 Å². The Morgan fingerprint density at radius 2 is 1.72 bits per heavy atom. The van der Waals surface area contributed by atoms with Crippen LogP contribution < -0.4 is 15.2 Å². The SMILES string of the molecule is CCOc1cccc(Oc2ccc(I)cc2)c1N. The molecule has 0 bridgehead atoms. The maximum Gasteiger partial charge on any atom is 0.154 e. The topological polar surface area (TPSA) is 44.5 Å². The molecule has 0 unspecified atom stereocenters. The Balaban J connectivity index is 2.23. The number of nitrogens with two attached hydrogens (primary N) is 1. The van der Waals surface area contributed by atoms with Gasteiger partial charge in [-0.25, -0.2) is 0 Å². The van der Waals surface area contributed by atoms with Crippen LogP contribution in [-0.2, 0) is 0 Å². The van der Waals surface area contributed by atoms with Gasteiger partial charge in [0.25, 0.3) is 0 Å². The second-order valence-corrected chi connectivity index (χ2v) is 4.90. The normalized spacial score (nSPS) is 10.1. The Hall–Kier alpha value is -1.43. The van der Waals surface area contributed by atoms with E-state index in [1.165, 1.54) is 0 Å². The molecule has 0 spiro atoms. The van der Waals surface area contributed by atoms with Crippen molar-refractivity contribution in [3.63, 3.8) is 0 Å². The number of nitrogen functional groups attached to an aromatic ring is 1. The zero-order chi connectivity index (χ0) is 13.0. The van der Waals surface area contributed by atoms with E-state index in [-0.39, 0.29) is 0 Å². The van der Waals surface area contributed by atoms with Crippen molar-refractivity contribution in [1.29, 1.82) is 0 Å². The first-order valence-corrected chi connectivity index (χ1v) is 6.73. The lowest BCUT2D eigenvalue weighted by molar-refractivity contribution is 0.340. The lowest BCUT2D eigenvalue weighted by atomic mass is 10.2. The van der Waals surface area contributed by atoms with Gasteiger partial charge in [-0.2, -0.15) is 0 Å². The molecule has 0 aromatic heterocycles. The lowest BCUT2D eigenvalue weighted by Gasteiger charge is -2.12. The van der Waals surface area contributed by atoms with Crippen molar-refractivity contribution in [2.45, 2.75) is 6.92 Å². The number of halogens is 1. The zero-order valence-electron chi connectivity index (χ0n) is 10.0. The highest BCUT2D eigenvalue weighted by molar-refractivity contribution is 14.1. The Morgan fingerprint density at radius 3 is 2.39 bits per heavy atom. The molecule has 0 aliphatic rings. The van der Waals surface area contributed by atoms with E-state index in [4.69, 9.17) is 15.2 Å². The highest BCUT2D eigenvalue weighted by atomic mass is 127. The Morgan fingerprint density at radius 1 is 1.06 bits per heavy atom. The molecule has 0 atom stereocenters. The third-order valence-electron chi connectivity index (χ3n) is 2.37. The minimum atomic E-state index is 0.526. The molecule has 0 radical (unpaired) electrons. The summed E-state index contributed by atoms with van der Waals surface area (Å²) in [4.78, 5) is 0. The summed E-state index contributed by atoms with van der Waals surface area (Å²) < 4.78 is 12.3. The summed E-state index contributed by atoms with van der Waals surface area (Å²) in [6.07, 6.45) is 0. The van der Waals surface area contributed by atoms with Crippen LogP contribution in [-0.4, -0.2) is 6.61 Å². The monoisotopic (exact) mass is 355 g/mol. The molecule has 0 saturated carbocycles. The maximum atomic E-state index is 6.00. The van der Waals surface area contributed by atoms with Gasteiger partial charge in [0, 0.05) is 3.57 Å². The standard InChI is InChI=1S/C14H14INO2/c1-2-17-12-4-3-5-13(14(12)16)18-11-8-6-10(15)7-9-11/h3-9H,2,16H2,1H3. The van der Waals surface area contributed by atoms with Crippen molar-refractivity contribution < 1.29 is 9.47 Å². The predicted molar refractivity (Wildman–Crippen MR) is 81.3 cm³/mol. The number of para-hydroxylation sites is 1. The van der Waals surface area contributed by atoms with E-state index in [0.29, 0.717) is 23.8 Å². The molecule has 0 aliphatic heterocycles. The fourth-order valence-electron chi connectivity index (χ4n) is 1.52. The average molecular weight is 355 g/mol. The Kier molecular flexibility index (Phi) is 4.30. The zero-order valence-corrected chi connectivity index (χ0v) is 12.2. The van der Waals surface area contributed by atoms with Gasteiger partial charge in [-0.05, 0) is 65.9 Å². The van der Waals surface area contributed by atoms with Gasteiger partial charge in [-0.15, -0.1) is 0 Å². The molecule has 2 aromatic rings. The maximum absolute atomic E-state index is 6.00. The highest BCUT2D eigenvalue weighted by Gasteiger charge is 2.07. The molecule has 2 N–H and O–H groups in total. The first kappa shape index (κ1) is 13.0. The number of anilines is 1. The molecule has 4 heteroatoms. The molecule has 3 nitrogen and oxygen atoms in total. The van der Waals surface area contributed by atoms with E-state index >= 15 is 0 Å². The van der Waals surface area contributed by atoms with Gasteiger partial charge >= 0.3 is 0 Å². The third-order valence-corrected chi connectivity index (χ3v) is 3.09. The molecule has 2 rings (SSSR count). The van der Waals surface area contributed by atoms with Gasteiger partial charge in [-0.1, -0.05) is 6.07 Å². The molecular formula is C14H14INO2. The fourth-order valence-corrected chi connectivity index (χ4v) is 1.88. The Labute approximate surface area is 120 Å². The fraction of sp³-hybridized carbons (Fsp3) is 0.143. The van der Waals surface area contributed by atoms with Gasteiger partial charge in [0.2, 0.25) is 0 Å². The molecule has 0 heterocycles. The number of benzene rings is 2. The molecule has 0 aliphatic carbocycles. The molecule has 0 fully saturated rings. The molecular weight excluding hydrogens is 341 g/mol. The van der Waals surface area contributed by atoms with Crippen molar-refractivity contribution in [1.82, 2.24) is 0 Å². The quantitative estimate of drug-likeness (QED) is 0.664. The smallest absolute Gasteiger partial charge is 0.154 e. The minimum absolute atomic E-state index is 0.526. The van der Waals surface area contributed by atoms with E-state index in [0.717, 1.165) is 9.32 Å². The van der Waals surface area contributed by atoms with Gasteiger partial charge < -0.3 is 15.2 Å². The minimum Gasteiger partial charge on any atom is -0.492 e.